The second kappa shape index (κ2) is 11.4. The van der Waals surface area contributed by atoms with E-state index in [0.29, 0.717) is 11.5 Å². The minimum absolute atomic E-state index is 0.192. The standard InChI is InChI=1S/C32H36N8O2/c1-32(2,3)29-17-30(40(37-29)24-19-34-38(4)21-24)36-31(41)35-28-12-11-25(26-7-5-6-8-27(26)28)22-9-10-23(33-18-22)20-39-13-15-42-16-14-39/h5-12,17-19,21H,13-16,20H2,1-4H3,(H2,35,36,41). The molecule has 10 heteroatoms. The highest BCUT2D eigenvalue weighted by molar-refractivity contribution is 6.09. The van der Waals surface area contributed by atoms with Crippen LogP contribution in [0, 0.1) is 0 Å². The molecule has 216 valence electrons. The number of nitrogens with one attached hydrogen (secondary N) is 2. The average molecular weight is 565 g/mol. The maximum Gasteiger partial charge on any atom is 0.324 e. The third-order valence-corrected chi connectivity index (χ3v) is 7.45. The third-order valence-electron chi connectivity index (χ3n) is 7.45. The summed E-state index contributed by atoms with van der Waals surface area (Å²) >= 11 is 0. The van der Waals surface area contributed by atoms with Gasteiger partial charge in [0.15, 0.2) is 0 Å². The molecule has 2 amide bonds. The van der Waals surface area contributed by atoms with E-state index in [4.69, 9.17) is 14.8 Å². The minimum Gasteiger partial charge on any atom is -0.379 e. The number of amides is 2. The molecule has 1 fully saturated rings. The molecule has 5 aromatic rings. The Balaban J connectivity index is 1.24. The first kappa shape index (κ1) is 27.6. The van der Waals surface area contributed by atoms with Crippen molar-refractivity contribution in [3.05, 3.63) is 84.6 Å². The number of urea groups is 1. The van der Waals surface area contributed by atoms with Crippen molar-refractivity contribution in [1.29, 1.82) is 0 Å². The average Bonchev–Trinajstić information content (AvgIpc) is 3.60. The SMILES string of the molecule is Cn1cc(-n2nc(C(C)(C)C)cc2NC(=O)Nc2ccc(-c3ccc(CN4CCOCC4)nc3)c3ccccc23)cn1. The molecule has 0 atom stereocenters. The lowest BCUT2D eigenvalue weighted by molar-refractivity contribution is 0.0336. The van der Waals surface area contributed by atoms with E-state index in [-0.39, 0.29) is 11.4 Å². The first-order chi connectivity index (χ1) is 20.2. The summed E-state index contributed by atoms with van der Waals surface area (Å²) in [5.74, 6) is 0.564. The summed E-state index contributed by atoms with van der Waals surface area (Å²) in [7, 11) is 1.85. The van der Waals surface area contributed by atoms with Crippen LogP contribution in [-0.2, 0) is 23.7 Å². The molecule has 6 rings (SSSR count). The van der Waals surface area contributed by atoms with Gasteiger partial charge in [0.25, 0.3) is 0 Å². The summed E-state index contributed by atoms with van der Waals surface area (Å²) in [6.07, 6.45) is 5.52. The van der Waals surface area contributed by atoms with Gasteiger partial charge in [-0.05, 0) is 23.1 Å². The molecule has 0 radical (unpaired) electrons. The van der Waals surface area contributed by atoms with Crippen molar-refractivity contribution in [1.82, 2.24) is 29.4 Å². The van der Waals surface area contributed by atoms with Crippen molar-refractivity contribution in [3.63, 3.8) is 0 Å². The zero-order chi connectivity index (χ0) is 29.3. The zero-order valence-corrected chi connectivity index (χ0v) is 24.5. The molecule has 1 saturated heterocycles. The minimum atomic E-state index is -0.354. The highest BCUT2D eigenvalue weighted by atomic mass is 16.5. The third kappa shape index (κ3) is 5.90. The fourth-order valence-electron chi connectivity index (χ4n) is 5.15. The molecule has 3 aromatic heterocycles. The number of fused-ring (bicyclic) bond motifs is 1. The molecule has 2 N–H and O–H groups in total. The van der Waals surface area contributed by atoms with Gasteiger partial charge in [0, 0.05) is 55.3 Å². The van der Waals surface area contributed by atoms with E-state index in [2.05, 4.69) is 59.6 Å². The highest BCUT2D eigenvalue weighted by Gasteiger charge is 2.22. The number of anilines is 2. The van der Waals surface area contributed by atoms with E-state index in [1.807, 2.05) is 55.8 Å². The lowest BCUT2D eigenvalue weighted by Gasteiger charge is -2.26. The molecule has 1 aliphatic heterocycles. The number of nitrogens with zero attached hydrogens (tertiary/aromatic N) is 6. The quantitative estimate of drug-likeness (QED) is 0.279. The van der Waals surface area contributed by atoms with E-state index in [1.165, 1.54) is 0 Å². The Morgan fingerprint density at radius 3 is 2.45 bits per heavy atom. The van der Waals surface area contributed by atoms with Crippen LogP contribution in [0.2, 0.25) is 0 Å². The van der Waals surface area contributed by atoms with Crippen molar-refractivity contribution < 1.29 is 9.53 Å². The Labute approximate surface area is 245 Å². The van der Waals surface area contributed by atoms with Crippen LogP contribution in [-0.4, -0.2) is 61.8 Å². The first-order valence-corrected chi connectivity index (χ1v) is 14.2. The largest absolute Gasteiger partial charge is 0.379 e. The van der Waals surface area contributed by atoms with Crippen LogP contribution in [0.5, 0.6) is 0 Å². The maximum atomic E-state index is 13.3. The first-order valence-electron chi connectivity index (χ1n) is 14.2. The Bertz CT molecular complexity index is 1710. The molecule has 4 heterocycles. The van der Waals surface area contributed by atoms with Crippen LogP contribution in [0.4, 0.5) is 16.3 Å². The van der Waals surface area contributed by atoms with Crippen LogP contribution in [0.15, 0.2) is 73.2 Å². The number of hydrogen-bond donors (Lipinski definition) is 2. The summed E-state index contributed by atoms with van der Waals surface area (Å²) in [6.45, 7) is 10.5. The lowest BCUT2D eigenvalue weighted by atomic mass is 9.92. The van der Waals surface area contributed by atoms with Gasteiger partial charge in [0.2, 0.25) is 0 Å². The molecule has 0 spiro atoms. The number of aromatic nitrogens is 5. The molecule has 0 saturated carbocycles. The van der Waals surface area contributed by atoms with Crippen molar-refractivity contribution in [2.24, 2.45) is 7.05 Å². The van der Waals surface area contributed by atoms with Gasteiger partial charge < -0.3 is 10.1 Å². The normalized spacial score (nSPS) is 14.3. The van der Waals surface area contributed by atoms with Crippen LogP contribution in [0.3, 0.4) is 0 Å². The molecule has 2 aromatic carbocycles. The molecular formula is C32H36N8O2. The summed E-state index contributed by atoms with van der Waals surface area (Å²) in [5.41, 5.74) is 5.28. The number of rotatable bonds is 6. The molecular weight excluding hydrogens is 528 g/mol. The van der Waals surface area contributed by atoms with Crippen molar-refractivity contribution in [3.8, 4) is 16.8 Å². The number of carbonyl (C=O) groups is 1. The van der Waals surface area contributed by atoms with Gasteiger partial charge in [-0.2, -0.15) is 10.2 Å². The van der Waals surface area contributed by atoms with Gasteiger partial charge in [-0.3, -0.25) is 19.9 Å². The zero-order valence-electron chi connectivity index (χ0n) is 24.5. The molecule has 42 heavy (non-hydrogen) atoms. The number of morpholine rings is 1. The second-order valence-corrected chi connectivity index (χ2v) is 11.7. The van der Waals surface area contributed by atoms with Gasteiger partial charge in [-0.25, -0.2) is 9.48 Å². The Kier molecular flexibility index (Phi) is 7.49. The molecule has 0 aliphatic carbocycles. The summed E-state index contributed by atoms with van der Waals surface area (Å²) in [5, 5.41) is 17.1. The molecule has 10 nitrogen and oxygen atoms in total. The van der Waals surface area contributed by atoms with Crippen LogP contribution in [0.1, 0.15) is 32.2 Å². The van der Waals surface area contributed by atoms with E-state index in [0.717, 1.165) is 71.8 Å². The van der Waals surface area contributed by atoms with E-state index in [9.17, 15) is 4.79 Å². The molecule has 0 unspecified atom stereocenters. The number of pyridine rings is 1. The second-order valence-electron chi connectivity index (χ2n) is 11.7. The monoisotopic (exact) mass is 564 g/mol. The van der Waals surface area contributed by atoms with Crippen LogP contribution < -0.4 is 10.6 Å². The van der Waals surface area contributed by atoms with Crippen molar-refractivity contribution >= 4 is 28.3 Å². The van der Waals surface area contributed by atoms with Crippen LogP contribution >= 0.6 is 0 Å². The fourth-order valence-corrected chi connectivity index (χ4v) is 5.15. The van der Waals surface area contributed by atoms with Gasteiger partial charge >= 0.3 is 6.03 Å². The van der Waals surface area contributed by atoms with E-state index in [1.54, 1.807) is 15.6 Å². The number of hydrogen-bond acceptors (Lipinski definition) is 6. The summed E-state index contributed by atoms with van der Waals surface area (Å²) in [4.78, 5) is 20.4. The van der Waals surface area contributed by atoms with Gasteiger partial charge in [0.1, 0.15) is 11.5 Å². The fraction of sp³-hybridized carbons (Fsp3) is 0.312. The van der Waals surface area contributed by atoms with E-state index < -0.39 is 0 Å². The molecule has 0 bridgehead atoms. The highest BCUT2D eigenvalue weighted by Crippen LogP contribution is 2.33. The van der Waals surface area contributed by atoms with Gasteiger partial charge in [-0.1, -0.05) is 57.2 Å². The summed E-state index contributed by atoms with van der Waals surface area (Å²) in [6, 6.07) is 17.8. The summed E-state index contributed by atoms with van der Waals surface area (Å²) < 4.78 is 8.88. The van der Waals surface area contributed by atoms with Crippen molar-refractivity contribution in [2.75, 3.05) is 36.9 Å². The van der Waals surface area contributed by atoms with Gasteiger partial charge in [-0.15, -0.1) is 0 Å². The van der Waals surface area contributed by atoms with E-state index >= 15 is 0 Å². The van der Waals surface area contributed by atoms with Gasteiger partial charge in [0.05, 0.1) is 42.7 Å². The predicted octanol–water partition coefficient (Wildman–Crippen LogP) is 5.59. The lowest BCUT2D eigenvalue weighted by Crippen LogP contribution is -2.35. The Morgan fingerprint density at radius 1 is 0.976 bits per heavy atom. The number of carbonyl (C=O) groups excluding carboxylic acids is 1. The van der Waals surface area contributed by atoms with Crippen LogP contribution in [0.25, 0.3) is 27.6 Å². The Hall–Kier alpha value is -4.54. The van der Waals surface area contributed by atoms with Crippen molar-refractivity contribution in [2.45, 2.75) is 32.7 Å². The number of benzene rings is 2. The molecule has 1 aliphatic rings. The predicted molar refractivity (Wildman–Crippen MR) is 165 cm³/mol. The number of ether oxygens (including phenoxy) is 1. The smallest absolute Gasteiger partial charge is 0.324 e. The number of aryl methyl sites for hydroxylation is 1. The Morgan fingerprint density at radius 2 is 1.76 bits per heavy atom. The topological polar surface area (TPSA) is 102 Å². The maximum absolute atomic E-state index is 13.3.